The first-order valence-corrected chi connectivity index (χ1v) is 4.81. The Balaban J connectivity index is 1.90. The standard InChI is InChI=1S/C7H9N3OS/c11-6(5-2-1-3-5)9-7-10-8-4-12-7/h4-5H,1-3H2,(H,9,10,11). The third-order valence-corrected chi connectivity index (χ3v) is 2.67. The van der Waals surface area contributed by atoms with Gasteiger partial charge in [0.2, 0.25) is 11.0 Å². The molecule has 1 aromatic heterocycles. The molecule has 64 valence electrons. The van der Waals surface area contributed by atoms with Crippen molar-refractivity contribution in [1.82, 2.24) is 10.2 Å². The normalized spacial score (nSPS) is 17.0. The zero-order chi connectivity index (χ0) is 8.39. The van der Waals surface area contributed by atoms with Crippen molar-refractivity contribution in [1.29, 1.82) is 0 Å². The molecule has 1 saturated carbocycles. The third kappa shape index (κ3) is 1.45. The van der Waals surface area contributed by atoms with Crippen LogP contribution in [0.1, 0.15) is 19.3 Å². The zero-order valence-electron chi connectivity index (χ0n) is 6.49. The van der Waals surface area contributed by atoms with Crippen molar-refractivity contribution < 1.29 is 4.79 Å². The van der Waals surface area contributed by atoms with E-state index in [-0.39, 0.29) is 11.8 Å². The lowest BCUT2D eigenvalue weighted by Crippen LogP contribution is -2.27. The largest absolute Gasteiger partial charge is 0.300 e. The lowest BCUT2D eigenvalue weighted by molar-refractivity contribution is -0.122. The molecule has 0 radical (unpaired) electrons. The Kier molecular flexibility index (Phi) is 2.03. The van der Waals surface area contributed by atoms with Crippen LogP contribution in [0.2, 0.25) is 0 Å². The van der Waals surface area contributed by atoms with E-state index in [0.29, 0.717) is 5.13 Å². The van der Waals surface area contributed by atoms with Gasteiger partial charge in [-0.05, 0) is 12.8 Å². The predicted octanol–water partition coefficient (Wildman–Crippen LogP) is 1.28. The van der Waals surface area contributed by atoms with Crippen LogP contribution in [-0.2, 0) is 4.79 Å². The van der Waals surface area contributed by atoms with E-state index >= 15 is 0 Å². The minimum Gasteiger partial charge on any atom is -0.300 e. The molecule has 1 aliphatic carbocycles. The highest BCUT2D eigenvalue weighted by Gasteiger charge is 2.25. The molecule has 0 aliphatic heterocycles. The van der Waals surface area contributed by atoms with Crippen LogP contribution in [0.5, 0.6) is 0 Å². The summed E-state index contributed by atoms with van der Waals surface area (Å²) in [5.74, 6) is 0.312. The maximum atomic E-state index is 11.3. The lowest BCUT2D eigenvalue weighted by atomic mass is 9.85. The molecule has 1 aromatic rings. The number of hydrogen-bond acceptors (Lipinski definition) is 4. The Labute approximate surface area is 74.0 Å². The topological polar surface area (TPSA) is 54.9 Å². The van der Waals surface area contributed by atoms with Gasteiger partial charge in [0.05, 0.1) is 0 Å². The van der Waals surface area contributed by atoms with E-state index in [2.05, 4.69) is 15.5 Å². The van der Waals surface area contributed by atoms with E-state index in [1.54, 1.807) is 5.51 Å². The molecule has 5 heteroatoms. The van der Waals surface area contributed by atoms with E-state index < -0.39 is 0 Å². The highest BCUT2D eigenvalue weighted by molar-refractivity contribution is 7.13. The van der Waals surface area contributed by atoms with Gasteiger partial charge in [0.1, 0.15) is 5.51 Å². The van der Waals surface area contributed by atoms with E-state index in [1.807, 2.05) is 0 Å². The van der Waals surface area contributed by atoms with Crippen LogP contribution in [0.15, 0.2) is 5.51 Å². The van der Waals surface area contributed by atoms with Gasteiger partial charge < -0.3 is 5.32 Å². The van der Waals surface area contributed by atoms with E-state index in [4.69, 9.17) is 0 Å². The van der Waals surface area contributed by atoms with Gasteiger partial charge in [-0.15, -0.1) is 10.2 Å². The minimum atomic E-state index is 0.0954. The predicted molar refractivity (Wildman–Crippen MR) is 45.9 cm³/mol. The molecule has 1 heterocycles. The molecule has 1 N–H and O–H groups in total. The lowest BCUT2D eigenvalue weighted by Gasteiger charge is -2.23. The van der Waals surface area contributed by atoms with Crippen LogP contribution >= 0.6 is 11.3 Å². The van der Waals surface area contributed by atoms with E-state index in [1.165, 1.54) is 17.8 Å². The number of carbonyl (C=O) groups excluding carboxylic acids is 1. The van der Waals surface area contributed by atoms with E-state index in [0.717, 1.165) is 12.8 Å². The first kappa shape index (κ1) is 7.67. The van der Waals surface area contributed by atoms with Gasteiger partial charge in [0.15, 0.2) is 0 Å². The van der Waals surface area contributed by atoms with Gasteiger partial charge >= 0.3 is 0 Å². The van der Waals surface area contributed by atoms with Crippen molar-refractivity contribution in [3.63, 3.8) is 0 Å². The third-order valence-electron chi connectivity index (χ3n) is 2.07. The second-order valence-corrected chi connectivity index (χ2v) is 3.69. The number of amides is 1. The molecule has 12 heavy (non-hydrogen) atoms. The fourth-order valence-electron chi connectivity index (χ4n) is 1.11. The Bertz CT molecular complexity index is 268. The molecule has 4 nitrogen and oxygen atoms in total. The van der Waals surface area contributed by atoms with Crippen LogP contribution in [0, 0.1) is 5.92 Å². The Morgan fingerprint density at radius 2 is 2.50 bits per heavy atom. The van der Waals surface area contributed by atoms with Crippen molar-refractivity contribution in [2.45, 2.75) is 19.3 Å². The van der Waals surface area contributed by atoms with Crippen molar-refractivity contribution in [2.75, 3.05) is 5.32 Å². The SMILES string of the molecule is O=C(Nc1nncs1)C1CCC1. The highest BCUT2D eigenvalue weighted by Crippen LogP contribution is 2.27. The summed E-state index contributed by atoms with van der Waals surface area (Å²) in [5.41, 5.74) is 1.61. The molecule has 0 atom stereocenters. The summed E-state index contributed by atoms with van der Waals surface area (Å²) < 4.78 is 0. The summed E-state index contributed by atoms with van der Waals surface area (Å²) >= 11 is 1.35. The number of aromatic nitrogens is 2. The quantitative estimate of drug-likeness (QED) is 0.751. The number of hydrogen-bond donors (Lipinski definition) is 1. The van der Waals surface area contributed by atoms with Gasteiger partial charge in [0.25, 0.3) is 0 Å². The number of nitrogens with one attached hydrogen (secondary N) is 1. The van der Waals surface area contributed by atoms with Crippen LogP contribution < -0.4 is 5.32 Å². The van der Waals surface area contributed by atoms with Crippen LogP contribution in [-0.4, -0.2) is 16.1 Å². The molecule has 0 aromatic carbocycles. The summed E-state index contributed by atoms with van der Waals surface area (Å²) in [6, 6.07) is 0. The fourth-order valence-corrected chi connectivity index (χ4v) is 1.55. The van der Waals surface area contributed by atoms with Crippen molar-refractivity contribution >= 4 is 22.4 Å². The van der Waals surface area contributed by atoms with E-state index in [9.17, 15) is 4.79 Å². The van der Waals surface area contributed by atoms with Gasteiger partial charge in [0, 0.05) is 5.92 Å². The van der Waals surface area contributed by atoms with Crippen LogP contribution in [0.3, 0.4) is 0 Å². The maximum Gasteiger partial charge on any atom is 0.229 e. The van der Waals surface area contributed by atoms with Gasteiger partial charge in [-0.1, -0.05) is 17.8 Å². The fraction of sp³-hybridized carbons (Fsp3) is 0.571. The monoisotopic (exact) mass is 183 g/mol. The molecule has 0 saturated heterocycles. The van der Waals surface area contributed by atoms with Crippen molar-refractivity contribution in [2.24, 2.45) is 5.92 Å². The molecule has 0 unspecified atom stereocenters. The summed E-state index contributed by atoms with van der Waals surface area (Å²) in [7, 11) is 0. The molecular weight excluding hydrogens is 174 g/mol. The second kappa shape index (κ2) is 3.18. The second-order valence-electron chi connectivity index (χ2n) is 2.86. The molecular formula is C7H9N3OS. The number of carbonyl (C=O) groups is 1. The maximum absolute atomic E-state index is 11.3. The van der Waals surface area contributed by atoms with Crippen molar-refractivity contribution in [3.8, 4) is 0 Å². The Hall–Kier alpha value is -0.970. The van der Waals surface area contributed by atoms with Gasteiger partial charge in [-0.3, -0.25) is 4.79 Å². The Morgan fingerprint density at radius 3 is 3.00 bits per heavy atom. The smallest absolute Gasteiger partial charge is 0.229 e. The van der Waals surface area contributed by atoms with Crippen molar-refractivity contribution in [3.05, 3.63) is 5.51 Å². The highest BCUT2D eigenvalue weighted by atomic mass is 32.1. The molecule has 0 spiro atoms. The molecule has 1 fully saturated rings. The summed E-state index contributed by atoms with van der Waals surface area (Å²) in [6.45, 7) is 0. The van der Waals surface area contributed by atoms with Gasteiger partial charge in [-0.25, -0.2) is 0 Å². The average molecular weight is 183 g/mol. The summed E-state index contributed by atoms with van der Waals surface area (Å²) in [6.07, 6.45) is 3.21. The number of rotatable bonds is 2. The first-order valence-electron chi connectivity index (χ1n) is 3.93. The summed E-state index contributed by atoms with van der Waals surface area (Å²) in [4.78, 5) is 11.3. The first-order chi connectivity index (χ1) is 5.86. The summed E-state index contributed by atoms with van der Waals surface area (Å²) in [5, 5.41) is 10.7. The molecule has 1 aliphatic rings. The minimum absolute atomic E-state index is 0.0954. The molecule has 0 bridgehead atoms. The number of anilines is 1. The molecule has 2 rings (SSSR count). The zero-order valence-corrected chi connectivity index (χ0v) is 7.30. The van der Waals surface area contributed by atoms with Crippen LogP contribution in [0.25, 0.3) is 0 Å². The van der Waals surface area contributed by atoms with Crippen LogP contribution in [0.4, 0.5) is 5.13 Å². The molecule has 1 amide bonds. The Morgan fingerprint density at radius 1 is 1.67 bits per heavy atom. The average Bonchev–Trinajstić information content (AvgIpc) is 2.34. The van der Waals surface area contributed by atoms with Gasteiger partial charge in [-0.2, -0.15) is 0 Å². The number of nitrogens with zero attached hydrogens (tertiary/aromatic N) is 2.